The van der Waals surface area contributed by atoms with E-state index in [9.17, 15) is 4.39 Å². The molecule has 0 fully saturated rings. The minimum absolute atomic E-state index is 0.200. The van der Waals surface area contributed by atoms with Crippen molar-refractivity contribution in [2.24, 2.45) is 0 Å². The Morgan fingerprint density at radius 2 is 1.89 bits per heavy atom. The molecule has 2 aromatic carbocycles. The van der Waals surface area contributed by atoms with Crippen molar-refractivity contribution in [3.8, 4) is 17.2 Å². The number of halogens is 2. The predicted octanol–water partition coefficient (Wildman–Crippen LogP) is 3.86. The fraction of sp³-hybridized carbons (Fsp3) is 0.0769. The number of benzene rings is 2. The van der Waals surface area contributed by atoms with Crippen molar-refractivity contribution in [3.63, 3.8) is 0 Å². The van der Waals surface area contributed by atoms with Crippen molar-refractivity contribution in [2.75, 3.05) is 12.8 Å². The average Bonchev–Trinajstić information content (AvgIpc) is 2.35. The highest BCUT2D eigenvalue weighted by atomic mass is 35.5. The molecule has 0 aliphatic rings. The van der Waals surface area contributed by atoms with Gasteiger partial charge in [0.1, 0.15) is 23.1 Å². The van der Waals surface area contributed by atoms with Crippen LogP contribution in [0.1, 0.15) is 0 Å². The zero-order chi connectivity index (χ0) is 13.1. The second kappa shape index (κ2) is 5.14. The molecule has 0 unspecified atom stereocenters. The van der Waals surface area contributed by atoms with Crippen molar-refractivity contribution in [2.45, 2.75) is 0 Å². The zero-order valence-corrected chi connectivity index (χ0v) is 10.4. The molecule has 0 saturated heterocycles. The van der Waals surface area contributed by atoms with E-state index in [0.29, 0.717) is 22.9 Å². The van der Waals surface area contributed by atoms with E-state index in [2.05, 4.69) is 0 Å². The van der Waals surface area contributed by atoms with E-state index < -0.39 is 5.82 Å². The molecule has 0 aliphatic heterocycles. The number of nitrogens with two attached hydrogens (primary N) is 1. The smallest absolute Gasteiger partial charge is 0.146 e. The van der Waals surface area contributed by atoms with Gasteiger partial charge in [-0.3, -0.25) is 0 Å². The molecule has 0 heterocycles. The molecule has 2 N–H and O–H groups in total. The Balaban J connectivity index is 2.28. The highest BCUT2D eigenvalue weighted by Gasteiger charge is 2.07. The van der Waals surface area contributed by atoms with Gasteiger partial charge in [0.25, 0.3) is 0 Å². The molecule has 3 nitrogen and oxygen atoms in total. The van der Waals surface area contributed by atoms with Crippen LogP contribution in [0.3, 0.4) is 0 Å². The lowest BCUT2D eigenvalue weighted by Crippen LogP contribution is -1.93. The van der Waals surface area contributed by atoms with Crippen LogP contribution in [0.15, 0.2) is 36.4 Å². The molecule has 18 heavy (non-hydrogen) atoms. The summed E-state index contributed by atoms with van der Waals surface area (Å²) in [5, 5.41) is 0.200. The van der Waals surface area contributed by atoms with Crippen LogP contribution in [0.4, 0.5) is 10.1 Å². The van der Waals surface area contributed by atoms with Gasteiger partial charge in [-0.15, -0.1) is 0 Å². The maximum absolute atomic E-state index is 12.9. The molecule has 94 valence electrons. The summed E-state index contributed by atoms with van der Waals surface area (Å²) in [6.45, 7) is 0. The van der Waals surface area contributed by atoms with E-state index >= 15 is 0 Å². The van der Waals surface area contributed by atoms with Gasteiger partial charge in [-0.1, -0.05) is 11.6 Å². The van der Waals surface area contributed by atoms with Crippen molar-refractivity contribution in [1.29, 1.82) is 0 Å². The van der Waals surface area contributed by atoms with Crippen molar-refractivity contribution < 1.29 is 13.9 Å². The normalized spacial score (nSPS) is 10.2. The van der Waals surface area contributed by atoms with Gasteiger partial charge in [0.05, 0.1) is 17.8 Å². The van der Waals surface area contributed by atoms with Crippen molar-refractivity contribution >= 4 is 17.3 Å². The lowest BCUT2D eigenvalue weighted by Gasteiger charge is -2.10. The van der Waals surface area contributed by atoms with E-state index in [-0.39, 0.29) is 5.02 Å². The third-order valence-corrected chi connectivity index (χ3v) is 2.62. The molecule has 2 rings (SSSR count). The summed E-state index contributed by atoms with van der Waals surface area (Å²) >= 11 is 5.86. The molecular weight excluding hydrogens is 257 g/mol. The van der Waals surface area contributed by atoms with Crippen LogP contribution in [-0.2, 0) is 0 Å². The molecule has 0 amide bonds. The van der Waals surface area contributed by atoms with Gasteiger partial charge in [-0.2, -0.15) is 0 Å². The Morgan fingerprint density at radius 1 is 1.11 bits per heavy atom. The third-order valence-electron chi connectivity index (χ3n) is 2.33. The summed E-state index contributed by atoms with van der Waals surface area (Å²) < 4.78 is 23.5. The molecule has 0 aromatic heterocycles. The lowest BCUT2D eigenvalue weighted by molar-refractivity contribution is 0.411. The maximum Gasteiger partial charge on any atom is 0.146 e. The topological polar surface area (TPSA) is 44.5 Å². The van der Waals surface area contributed by atoms with Crippen LogP contribution in [0.2, 0.25) is 5.02 Å². The first-order chi connectivity index (χ1) is 8.60. The Morgan fingerprint density at radius 3 is 2.56 bits per heavy atom. The van der Waals surface area contributed by atoms with E-state index in [1.807, 2.05) is 0 Å². The number of rotatable bonds is 3. The molecule has 0 aliphatic carbocycles. The van der Waals surface area contributed by atoms with Gasteiger partial charge >= 0.3 is 0 Å². The second-order valence-corrected chi connectivity index (χ2v) is 3.99. The molecule has 0 atom stereocenters. The number of methoxy groups -OCH3 is 1. The number of hydrogen-bond acceptors (Lipinski definition) is 3. The molecule has 0 spiro atoms. The standard InChI is InChI=1S/C13H11ClFNO2/c1-17-13-7-9(3-4-11(13)16)18-12-5-2-8(15)6-10(12)14/h2-7H,16H2,1H3. The zero-order valence-electron chi connectivity index (χ0n) is 9.61. The quantitative estimate of drug-likeness (QED) is 0.859. The van der Waals surface area contributed by atoms with Crippen molar-refractivity contribution in [1.82, 2.24) is 0 Å². The van der Waals surface area contributed by atoms with Gasteiger partial charge in [-0.05, 0) is 30.3 Å². The van der Waals surface area contributed by atoms with Crippen LogP contribution in [0, 0.1) is 5.82 Å². The summed E-state index contributed by atoms with van der Waals surface area (Å²) in [7, 11) is 1.51. The first-order valence-electron chi connectivity index (χ1n) is 5.16. The molecule has 0 saturated carbocycles. The number of ether oxygens (including phenoxy) is 2. The summed E-state index contributed by atoms with van der Waals surface area (Å²) in [5.41, 5.74) is 6.20. The second-order valence-electron chi connectivity index (χ2n) is 3.58. The molecular formula is C13H11ClFNO2. The van der Waals surface area contributed by atoms with Gasteiger partial charge in [0.15, 0.2) is 0 Å². The van der Waals surface area contributed by atoms with Crippen LogP contribution in [-0.4, -0.2) is 7.11 Å². The van der Waals surface area contributed by atoms with Gasteiger partial charge in [0, 0.05) is 6.07 Å². The molecule has 0 radical (unpaired) electrons. The third kappa shape index (κ3) is 2.65. The highest BCUT2D eigenvalue weighted by Crippen LogP contribution is 2.33. The SMILES string of the molecule is COc1cc(Oc2ccc(F)cc2Cl)ccc1N. The lowest BCUT2D eigenvalue weighted by atomic mass is 10.2. The van der Waals surface area contributed by atoms with E-state index in [4.69, 9.17) is 26.8 Å². The van der Waals surface area contributed by atoms with Crippen LogP contribution in [0.5, 0.6) is 17.2 Å². The fourth-order valence-corrected chi connectivity index (χ4v) is 1.65. The van der Waals surface area contributed by atoms with Crippen LogP contribution < -0.4 is 15.2 Å². The molecule has 0 bridgehead atoms. The molecule has 5 heteroatoms. The fourth-order valence-electron chi connectivity index (χ4n) is 1.44. The largest absolute Gasteiger partial charge is 0.494 e. The number of nitrogen functional groups attached to an aromatic ring is 1. The summed E-state index contributed by atoms with van der Waals surface area (Å²) in [4.78, 5) is 0. The van der Waals surface area contributed by atoms with Gasteiger partial charge < -0.3 is 15.2 Å². The first-order valence-corrected chi connectivity index (χ1v) is 5.54. The Bertz CT molecular complexity index is 575. The maximum atomic E-state index is 12.9. The Kier molecular flexibility index (Phi) is 3.58. The van der Waals surface area contributed by atoms with Crippen LogP contribution in [0.25, 0.3) is 0 Å². The highest BCUT2D eigenvalue weighted by molar-refractivity contribution is 6.32. The van der Waals surface area contributed by atoms with Gasteiger partial charge in [0.2, 0.25) is 0 Å². The first kappa shape index (κ1) is 12.5. The minimum Gasteiger partial charge on any atom is -0.494 e. The van der Waals surface area contributed by atoms with Crippen LogP contribution >= 0.6 is 11.6 Å². The van der Waals surface area contributed by atoms with Gasteiger partial charge in [-0.25, -0.2) is 4.39 Å². The minimum atomic E-state index is -0.415. The monoisotopic (exact) mass is 267 g/mol. The molecule has 2 aromatic rings. The number of anilines is 1. The van der Waals surface area contributed by atoms with E-state index in [0.717, 1.165) is 0 Å². The number of hydrogen-bond donors (Lipinski definition) is 1. The average molecular weight is 268 g/mol. The van der Waals surface area contributed by atoms with E-state index in [1.165, 1.54) is 25.3 Å². The Labute approximate surface area is 109 Å². The summed E-state index contributed by atoms with van der Waals surface area (Å²) in [6.07, 6.45) is 0. The predicted molar refractivity (Wildman–Crippen MR) is 68.9 cm³/mol. The van der Waals surface area contributed by atoms with Crippen molar-refractivity contribution in [3.05, 3.63) is 47.2 Å². The van der Waals surface area contributed by atoms with E-state index in [1.54, 1.807) is 18.2 Å². The Hall–Kier alpha value is -1.94. The summed E-state index contributed by atoms with van der Waals surface area (Å²) in [6, 6.07) is 8.89. The summed E-state index contributed by atoms with van der Waals surface area (Å²) in [5.74, 6) is 0.965.